The molecule has 0 spiro atoms. The van der Waals surface area contributed by atoms with Crippen molar-refractivity contribution in [3.8, 4) is 0 Å². The lowest BCUT2D eigenvalue weighted by Crippen LogP contribution is -2.43. The van der Waals surface area contributed by atoms with Crippen LogP contribution in [0.5, 0.6) is 0 Å². The molecular weight excluding hydrogens is 529 g/mol. The number of aliphatic imine (C=N–C) groups is 1. The van der Waals surface area contributed by atoms with E-state index >= 15 is 0 Å². The van der Waals surface area contributed by atoms with E-state index in [9.17, 15) is 22.8 Å². The first-order chi connectivity index (χ1) is 19.7. The number of benzene rings is 3. The first-order valence-corrected chi connectivity index (χ1v) is 13.9. The molecule has 0 unspecified atom stereocenters. The van der Waals surface area contributed by atoms with Gasteiger partial charge in [0.15, 0.2) is 5.54 Å². The number of likely N-dealkylation sites (tertiary alicyclic amines) is 1. The Morgan fingerprint density at radius 1 is 0.927 bits per heavy atom. The van der Waals surface area contributed by atoms with E-state index in [0.717, 1.165) is 44.5 Å². The fourth-order valence-electron chi connectivity index (χ4n) is 5.91. The van der Waals surface area contributed by atoms with E-state index in [2.05, 4.69) is 10.2 Å². The van der Waals surface area contributed by atoms with Gasteiger partial charge in [0.05, 0.1) is 5.69 Å². The summed E-state index contributed by atoms with van der Waals surface area (Å²) in [6, 6.07) is 16.4. The number of halogens is 3. The molecule has 0 aliphatic carbocycles. The van der Waals surface area contributed by atoms with Gasteiger partial charge in [0.2, 0.25) is 5.91 Å². The second-order valence-corrected chi connectivity index (χ2v) is 10.7. The molecule has 9 heteroatoms. The van der Waals surface area contributed by atoms with Gasteiger partial charge in [0, 0.05) is 13.5 Å². The van der Waals surface area contributed by atoms with Crippen molar-refractivity contribution in [2.75, 3.05) is 31.5 Å². The zero-order valence-corrected chi connectivity index (χ0v) is 23.2. The average molecular weight is 563 g/mol. The molecule has 1 saturated heterocycles. The number of hydrogen-bond donors (Lipinski definition) is 1. The highest BCUT2D eigenvalue weighted by Gasteiger charge is 2.49. The lowest BCUT2D eigenvalue weighted by molar-refractivity contribution is -0.130. The molecule has 0 aromatic heterocycles. The number of piperidine rings is 1. The lowest BCUT2D eigenvalue weighted by Gasteiger charge is -2.33. The quantitative estimate of drug-likeness (QED) is 0.376. The summed E-state index contributed by atoms with van der Waals surface area (Å²) in [6.07, 6.45) is 2.55. The van der Waals surface area contributed by atoms with Gasteiger partial charge >= 0.3 is 0 Å². The van der Waals surface area contributed by atoms with Crippen molar-refractivity contribution < 1.29 is 22.8 Å². The second-order valence-electron chi connectivity index (χ2n) is 10.7. The number of rotatable bonds is 8. The van der Waals surface area contributed by atoms with Gasteiger partial charge in [-0.1, -0.05) is 30.3 Å². The molecule has 41 heavy (non-hydrogen) atoms. The third kappa shape index (κ3) is 5.91. The van der Waals surface area contributed by atoms with Gasteiger partial charge in [-0.25, -0.2) is 18.2 Å². The normalized spacial score (nSPS) is 17.5. The topological polar surface area (TPSA) is 65.0 Å². The first kappa shape index (κ1) is 28.5. The molecule has 1 N–H and O–H groups in total. The number of nitrogens with zero attached hydrogens (tertiary/aromatic N) is 3. The van der Waals surface area contributed by atoms with E-state index < -0.39 is 23.0 Å². The molecule has 3 aromatic carbocycles. The zero-order chi connectivity index (χ0) is 29.1. The summed E-state index contributed by atoms with van der Waals surface area (Å²) in [4.78, 5) is 34.2. The Kier molecular flexibility index (Phi) is 8.26. The van der Waals surface area contributed by atoms with Crippen molar-refractivity contribution in [1.82, 2.24) is 9.80 Å². The van der Waals surface area contributed by atoms with Gasteiger partial charge in [-0.3, -0.25) is 14.5 Å². The van der Waals surface area contributed by atoms with Gasteiger partial charge in [0.1, 0.15) is 23.3 Å². The molecule has 3 aromatic rings. The molecule has 0 saturated carbocycles. The monoisotopic (exact) mass is 562 g/mol. The Labute approximate surface area is 237 Å². The van der Waals surface area contributed by atoms with Crippen LogP contribution >= 0.6 is 0 Å². The molecule has 214 valence electrons. The van der Waals surface area contributed by atoms with Crippen LogP contribution in [-0.4, -0.2) is 53.6 Å². The van der Waals surface area contributed by atoms with Crippen LogP contribution in [0, 0.1) is 17.5 Å². The smallest absolute Gasteiger partial charge is 0.265 e. The van der Waals surface area contributed by atoms with Crippen LogP contribution in [0.1, 0.15) is 55.7 Å². The van der Waals surface area contributed by atoms with Gasteiger partial charge in [-0.05, 0) is 105 Å². The number of amidine groups is 1. The number of nitrogens with one attached hydrogen (secondary N) is 1. The molecule has 2 aliphatic rings. The predicted molar refractivity (Wildman–Crippen MR) is 152 cm³/mol. The van der Waals surface area contributed by atoms with Crippen LogP contribution < -0.4 is 5.32 Å². The molecule has 0 bridgehead atoms. The van der Waals surface area contributed by atoms with Crippen LogP contribution in [0.25, 0.3) is 0 Å². The molecule has 0 atom stereocenters. The average Bonchev–Trinajstić information content (AvgIpc) is 3.21. The highest BCUT2D eigenvalue weighted by atomic mass is 19.1. The molecule has 2 aliphatic heterocycles. The standard InChI is InChI=1S/C32H33F3N4O2/c1-21-37-32(25-5-9-27(33)10-6-25,26-7-11-28(34)12-8-26)31(41)39(21)17-3-16-38-18-14-23(15-19-38)24-4-13-29(35)30(20-24)36-22(2)40/h4-13,20,23H,3,14-19H2,1-2H3,(H,36,40). The van der Waals surface area contributed by atoms with Crippen molar-refractivity contribution in [3.63, 3.8) is 0 Å². The van der Waals surface area contributed by atoms with Gasteiger partial charge < -0.3 is 10.2 Å². The fraction of sp³-hybridized carbons (Fsp3) is 0.344. The van der Waals surface area contributed by atoms with Crippen molar-refractivity contribution in [2.24, 2.45) is 4.99 Å². The molecule has 1 fully saturated rings. The summed E-state index contributed by atoms with van der Waals surface area (Å²) >= 11 is 0. The minimum Gasteiger partial charge on any atom is -0.324 e. The van der Waals surface area contributed by atoms with Crippen molar-refractivity contribution in [3.05, 3.63) is 101 Å². The summed E-state index contributed by atoms with van der Waals surface area (Å²) in [7, 11) is 0. The Morgan fingerprint density at radius 3 is 2.07 bits per heavy atom. The number of carbonyl (C=O) groups is 2. The summed E-state index contributed by atoms with van der Waals surface area (Å²) in [5.74, 6) is -0.975. The molecule has 5 rings (SSSR count). The highest BCUT2D eigenvalue weighted by Crippen LogP contribution is 2.40. The van der Waals surface area contributed by atoms with Gasteiger partial charge in [0.25, 0.3) is 5.91 Å². The Hall–Kier alpha value is -3.98. The van der Waals surface area contributed by atoms with E-state index in [0.29, 0.717) is 23.5 Å². The third-order valence-corrected chi connectivity index (χ3v) is 8.01. The summed E-state index contributed by atoms with van der Waals surface area (Å²) in [6.45, 7) is 6.15. The minimum absolute atomic E-state index is 0.210. The lowest BCUT2D eigenvalue weighted by atomic mass is 9.82. The summed E-state index contributed by atoms with van der Waals surface area (Å²) in [5.41, 5.74) is 0.892. The summed E-state index contributed by atoms with van der Waals surface area (Å²) in [5, 5.41) is 2.55. The number of carbonyl (C=O) groups excluding carboxylic acids is 2. The molecule has 2 amide bonds. The Balaban J connectivity index is 1.22. The maximum atomic E-state index is 14.1. The van der Waals surface area contributed by atoms with Crippen LogP contribution in [0.2, 0.25) is 0 Å². The SMILES string of the molecule is CC(=O)Nc1cc(C2CCN(CCCN3C(=O)C(c4ccc(F)cc4)(c4ccc(F)cc4)N=C3C)CC2)ccc1F. The zero-order valence-electron chi connectivity index (χ0n) is 23.2. The fourth-order valence-corrected chi connectivity index (χ4v) is 5.91. The minimum atomic E-state index is -1.39. The van der Waals surface area contributed by atoms with Gasteiger partial charge in [-0.15, -0.1) is 0 Å². The first-order valence-electron chi connectivity index (χ1n) is 13.9. The van der Waals surface area contributed by atoms with Crippen LogP contribution in [-0.2, 0) is 15.1 Å². The molecule has 2 heterocycles. The van der Waals surface area contributed by atoms with E-state index in [1.165, 1.54) is 37.3 Å². The second kappa shape index (κ2) is 11.9. The number of hydrogen-bond acceptors (Lipinski definition) is 4. The maximum Gasteiger partial charge on any atom is 0.265 e. The van der Waals surface area contributed by atoms with Crippen LogP contribution in [0.4, 0.5) is 18.9 Å². The Morgan fingerprint density at radius 2 is 1.51 bits per heavy atom. The van der Waals surface area contributed by atoms with Gasteiger partial charge in [-0.2, -0.15) is 0 Å². The number of amides is 2. The molecule has 0 radical (unpaired) electrons. The highest BCUT2D eigenvalue weighted by molar-refractivity contribution is 6.09. The Bertz CT molecular complexity index is 1400. The van der Waals surface area contributed by atoms with Crippen molar-refractivity contribution >= 4 is 23.3 Å². The van der Waals surface area contributed by atoms with Crippen molar-refractivity contribution in [2.45, 2.75) is 44.6 Å². The van der Waals surface area contributed by atoms with Crippen LogP contribution in [0.15, 0.2) is 71.7 Å². The maximum absolute atomic E-state index is 14.1. The van der Waals surface area contributed by atoms with E-state index in [4.69, 9.17) is 4.99 Å². The van der Waals surface area contributed by atoms with Crippen molar-refractivity contribution in [1.29, 1.82) is 0 Å². The summed E-state index contributed by atoms with van der Waals surface area (Å²) < 4.78 is 41.5. The number of anilines is 1. The largest absolute Gasteiger partial charge is 0.324 e. The van der Waals surface area contributed by atoms with E-state index in [1.54, 1.807) is 48.2 Å². The predicted octanol–water partition coefficient (Wildman–Crippen LogP) is 5.84. The third-order valence-electron chi connectivity index (χ3n) is 8.01. The van der Waals surface area contributed by atoms with Crippen LogP contribution in [0.3, 0.4) is 0 Å². The van der Waals surface area contributed by atoms with E-state index in [1.807, 2.05) is 0 Å². The molecule has 6 nitrogen and oxygen atoms in total. The molecular formula is C32H33F3N4O2. The van der Waals surface area contributed by atoms with E-state index in [-0.39, 0.29) is 23.4 Å².